The van der Waals surface area contributed by atoms with Crippen molar-refractivity contribution in [1.82, 2.24) is 15.5 Å². The minimum atomic E-state index is -0.615. The fraction of sp³-hybridized carbons (Fsp3) is 0.385. The highest BCUT2D eigenvalue weighted by Crippen LogP contribution is 2.16. The van der Waals surface area contributed by atoms with Crippen molar-refractivity contribution in [3.8, 4) is 0 Å². The second-order valence-corrected chi connectivity index (χ2v) is 4.54. The normalized spacial score (nSPS) is 19.2. The van der Waals surface area contributed by atoms with Gasteiger partial charge in [-0.1, -0.05) is 11.2 Å². The van der Waals surface area contributed by atoms with Gasteiger partial charge in [-0.25, -0.2) is 8.78 Å². The van der Waals surface area contributed by atoms with Crippen molar-refractivity contribution in [3.63, 3.8) is 0 Å². The van der Waals surface area contributed by atoms with Crippen molar-refractivity contribution in [2.45, 2.75) is 12.5 Å². The monoisotopic (exact) mass is 281 g/mol. The molecule has 1 aromatic carbocycles. The Balaban J connectivity index is 1.73. The summed E-state index contributed by atoms with van der Waals surface area (Å²) in [4.78, 5) is 4.21. The van der Waals surface area contributed by atoms with Gasteiger partial charge in [0.2, 0.25) is 5.89 Å². The molecule has 1 fully saturated rings. The van der Waals surface area contributed by atoms with Crippen molar-refractivity contribution >= 4 is 0 Å². The summed E-state index contributed by atoms with van der Waals surface area (Å²) in [5.41, 5.74) is 0.326. The second-order valence-electron chi connectivity index (χ2n) is 4.54. The number of ether oxygens (including phenoxy) is 1. The first kappa shape index (κ1) is 13.1. The van der Waals surface area contributed by atoms with Crippen molar-refractivity contribution in [2.24, 2.45) is 0 Å². The molecule has 0 spiro atoms. The number of nitrogens with zero attached hydrogens (tertiary/aromatic N) is 2. The number of nitrogens with one attached hydrogen (secondary N) is 1. The molecule has 0 radical (unpaired) electrons. The molecule has 1 aromatic heterocycles. The quantitative estimate of drug-likeness (QED) is 0.926. The van der Waals surface area contributed by atoms with Crippen molar-refractivity contribution in [1.29, 1.82) is 0 Å². The largest absolute Gasteiger partial charge is 0.378 e. The molecule has 2 heterocycles. The summed E-state index contributed by atoms with van der Waals surface area (Å²) in [7, 11) is 0. The average molecular weight is 281 g/mol. The summed E-state index contributed by atoms with van der Waals surface area (Å²) in [6.07, 6.45) is 0.156. The molecule has 1 N–H and O–H groups in total. The standard InChI is InChI=1S/C13H13F2N3O2/c14-9-2-1-8(10(15)6-9)5-12-17-13(20-18-12)11-7-19-4-3-16-11/h1-2,6,11,16H,3-5,7H2. The summed E-state index contributed by atoms with van der Waals surface area (Å²) in [6.45, 7) is 1.83. The van der Waals surface area contributed by atoms with Gasteiger partial charge in [-0.05, 0) is 11.6 Å². The van der Waals surface area contributed by atoms with Crippen molar-refractivity contribution < 1.29 is 18.0 Å². The Labute approximate surface area is 113 Å². The van der Waals surface area contributed by atoms with Crippen LogP contribution in [0.4, 0.5) is 8.78 Å². The van der Waals surface area contributed by atoms with E-state index in [1.54, 1.807) is 0 Å². The van der Waals surface area contributed by atoms with Gasteiger partial charge in [0, 0.05) is 19.0 Å². The van der Waals surface area contributed by atoms with E-state index in [4.69, 9.17) is 9.26 Å². The van der Waals surface area contributed by atoms with Gasteiger partial charge in [-0.3, -0.25) is 0 Å². The Kier molecular flexibility index (Phi) is 3.70. The molecule has 7 heteroatoms. The molecule has 0 saturated carbocycles. The number of aromatic nitrogens is 2. The van der Waals surface area contributed by atoms with E-state index < -0.39 is 11.6 Å². The summed E-state index contributed by atoms with van der Waals surface area (Å²) in [5, 5.41) is 6.99. The molecule has 1 aliphatic rings. The topological polar surface area (TPSA) is 60.2 Å². The first-order valence-corrected chi connectivity index (χ1v) is 6.30. The van der Waals surface area contributed by atoms with Gasteiger partial charge in [0.25, 0.3) is 0 Å². The van der Waals surface area contributed by atoms with Gasteiger partial charge in [-0.2, -0.15) is 4.98 Å². The molecule has 20 heavy (non-hydrogen) atoms. The van der Waals surface area contributed by atoms with Crippen molar-refractivity contribution in [2.75, 3.05) is 19.8 Å². The van der Waals surface area contributed by atoms with Crippen LogP contribution in [0.15, 0.2) is 22.7 Å². The number of benzene rings is 1. The number of morpholine rings is 1. The molecular weight excluding hydrogens is 268 g/mol. The van der Waals surface area contributed by atoms with Gasteiger partial charge in [0.1, 0.15) is 17.7 Å². The van der Waals surface area contributed by atoms with E-state index in [0.717, 1.165) is 12.6 Å². The Morgan fingerprint density at radius 3 is 3.00 bits per heavy atom. The lowest BCUT2D eigenvalue weighted by Gasteiger charge is -2.20. The third-order valence-corrected chi connectivity index (χ3v) is 3.07. The highest BCUT2D eigenvalue weighted by Gasteiger charge is 2.21. The molecule has 5 nitrogen and oxygen atoms in total. The zero-order valence-electron chi connectivity index (χ0n) is 10.6. The van der Waals surface area contributed by atoms with E-state index in [1.165, 1.54) is 12.1 Å². The Morgan fingerprint density at radius 2 is 2.25 bits per heavy atom. The van der Waals surface area contributed by atoms with Crippen LogP contribution in [0.25, 0.3) is 0 Å². The number of rotatable bonds is 3. The summed E-state index contributed by atoms with van der Waals surface area (Å²) in [6, 6.07) is 3.29. The van der Waals surface area contributed by atoms with Crippen LogP contribution in [0, 0.1) is 11.6 Å². The lowest BCUT2D eigenvalue weighted by Crippen LogP contribution is -2.34. The van der Waals surface area contributed by atoms with Crippen LogP contribution in [0.5, 0.6) is 0 Å². The smallest absolute Gasteiger partial charge is 0.246 e. The van der Waals surface area contributed by atoms with Gasteiger partial charge >= 0.3 is 0 Å². The molecule has 106 valence electrons. The minimum absolute atomic E-state index is 0.136. The molecule has 1 saturated heterocycles. The SMILES string of the molecule is Fc1ccc(Cc2noc(C3COCCN3)n2)c(F)c1. The maximum atomic E-state index is 13.5. The fourth-order valence-corrected chi connectivity index (χ4v) is 2.04. The molecule has 1 unspecified atom stereocenters. The molecule has 1 atom stereocenters. The van der Waals surface area contributed by atoms with Crippen LogP contribution in [0.1, 0.15) is 23.3 Å². The van der Waals surface area contributed by atoms with E-state index in [2.05, 4.69) is 15.5 Å². The molecule has 3 rings (SSSR count). The van der Waals surface area contributed by atoms with Crippen LogP contribution in [-0.4, -0.2) is 29.9 Å². The number of hydrogen-bond acceptors (Lipinski definition) is 5. The zero-order chi connectivity index (χ0) is 13.9. The van der Waals surface area contributed by atoms with E-state index in [9.17, 15) is 8.78 Å². The lowest BCUT2D eigenvalue weighted by atomic mass is 10.1. The molecule has 2 aromatic rings. The third-order valence-electron chi connectivity index (χ3n) is 3.07. The molecule has 1 aliphatic heterocycles. The average Bonchev–Trinajstić information content (AvgIpc) is 2.92. The van der Waals surface area contributed by atoms with E-state index in [0.29, 0.717) is 30.5 Å². The summed E-state index contributed by atoms with van der Waals surface area (Å²) < 4.78 is 36.8. The maximum Gasteiger partial charge on any atom is 0.246 e. The van der Waals surface area contributed by atoms with Gasteiger partial charge in [0.15, 0.2) is 5.82 Å². The van der Waals surface area contributed by atoms with Crippen LogP contribution in [0.3, 0.4) is 0 Å². The molecule has 0 bridgehead atoms. The second kappa shape index (κ2) is 5.64. The van der Waals surface area contributed by atoms with Crippen LogP contribution in [-0.2, 0) is 11.2 Å². The molecular formula is C13H13F2N3O2. The Morgan fingerprint density at radius 1 is 1.35 bits per heavy atom. The van der Waals surface area contributed by atoms with Gasteiger partial charge < -0.3 is 14.6 Å². The maximum absolute atomic E-state index is 13.5. The Bertz CT molecular complexity index is 597. The third kappa shape index (κ3) is 2.83. The first-order valence-electron chi connectivity index (χ1n) is 6.30. The molecule has 0 aliphatic carbocycles. The van der Waals surface area contributed by atoms with E-state index >= 15 is 0 Å². The van der Waals surface area contributed by atoms with Crippen molar-refractivity contribution in [3.05, 3.63) is 47.1 Å². The Hall–Kier alpha value is -1.86. The zero-order valence-corrected chi connectivity index (χ0v) is 10.6. The minimum Gasteiger partial charge on any atom is -0.378 e. The van der Waals surface area contributed by atoms with Gasteiger partial charge in [-0.15, -0.1) is 0 Å². The fourth-order valence-electron chi connectivity index (χ4n) is 2.04. The van der Waals surface area contributed by atoms with Gasteiger partial charge in [0.05, 0.1) is 13.2 Å². The molecule has 0 amide bonds. The summed E-state index contributed by atoms with van der Waals surface area (Å²) in [5.74, 6) is -0.445. The van der Waals surface area contributed by atoms with Crippen LogP contribution >= 0.6 is 0 Å². The lowest BCUT2D eigenvalue weighted by molar-refractivity contribution is 0.0659. The predicted molar refractivity (Wildman–Crippen MR) is 65.0 cm³/mol. The first-order chi connectivity index (χ1) is 9.72. The van der Waals surface area contributed by atoms with E-state index in [1.807, 2.05) is 0 Å². The van der Waals surface area contributed by atoms with E-state index in [-0.39, 0.29) is 12.5 Å². The highest BCUT2D eigenvalue weighted by molar-refractivity contribution is 5.21. The predicted octanol–water partition coefficient (Wildman–Crippen LogP) is 1.60. The van der Waals surface area contributed by atoms with Crippen LogP contribution < -0.4 is 5.32 Å². The number of hydrogen-bond donors (Lipinski definition) is 1. The highest BCUT2D eigenvalue weighted by atomic mass is 19.1. The number of halogens is 2. The van der Waals surface area contributed by atoms with Crippen LogP contribution in [0.2, 0.25) is 0 Å². The summed E-state index contributed by atoms with van der Waals surface area (Å²) >= 11 is 0.